The fraction of sp³-hybridized carbons (Fsp3) is 0.250. The normalized spacial score (nSPS) is 13.0. The van der Waals surface area contributed by atoms with E-state index in [1.54, 1.807) is 6.07 Å². The van der Waals surface area contributed by atoms with Crippen LogP contribution in [-0.4, -0.2) is 11.9 Å². The van der Waals surface area contributed by atoms with E-state index in [2.05, 4.69) is 5.16 Å². The third-order valence-corrected chi connectivity index (χ3v) is 3.25. The standard InChI is InChI=1S/C12H11ClN2O3/c1-2-6-7(8-4-10(14)15-18-8)3-9-12(11(6)13)17-5-16-9/h3-4H,2,5H2,1H3,(H2,14,15). The van der Waals surface area contributed by atoms with Gasteiger partial charge >= 0.3 is 0 Å². The van der Waals surface area contributed by atoms with Crippen molar-refractivity contribution in [1.29, 1.82) is 0 Å². The summed E-state index contributed by atoms with van der Waals surface area (Å²) in [4.78, 5) is 0. The lowest BCUT2D eigenvalue weighted by Gasteiger charge is -2.09. The maximum absolute atomic E-state index is 6.32. The van der Waals surface area contributed by atoms with E-state index in [1.807, 2.05) is 13.0 Å². The SMILES string of the molecule is CCc1c(-c2cc(N)no2)cc2c(c1Cl)OCO2. The second-order valence-corrected chi connectivity index (χ2v) is 4.30. The van der Waals surface area contributed by atoms with Crippen molar-refractivity contribution in [3.8, 4) is 22.8 Å². The first-order valence-electron chi connectivity index (χ1n) is 5.54. The van der Waals surface area contributed by atoms with E-state index in [9.17, 15) is 0 Å². The number of aromatic nitrogens is 1. The molecule has 0 aliphatic carbocycles. The number of nitrogens with zero attached hydrogens (tertiary/aromatic N) is 1. The fourth-order valence-electron chi connectivity index (χ4n) is 2.02. The Morgan fingerprint density at radius 2 is 2.22 bits per heavy atom. The Morgan fingerprint density at radius 3 is 2.89 bits per heavy atom. The molecule has 2 heterocycles. The lowest BCUT2D eigenvalue weighted by atomic mass is 10.0. The Morgan fingerprint density at radius 1 is 1.39 bits per heavy atom. The molecule has 0 saturated heterocycles. The maximum Gasteiger partial charge on any atom is 0.231 e. The Bertz CT molecular complexity index is 610. The summed E-state index contributed by atoms with van der Waals surface area (Å²) >= 11 is 6.32. The lowest BCUT2D eigenvalue weighted by Crippen LogP contribution is -1.93. The predicted molar refractivity (Wildman–Crippen MR) is 66.9 cm³/mol. The van der Waals surface area contributed by atoms with Crippen molar-refractivity contribution in [3.05, 3.63) is 22.7 Å². The second kappa shape index (κ2) is 4.10. The summed E-state index contributed by atoms with van der Waals surface area (Å²) in [5, 5.41) is 4.23. The predicted octanol–water partition coefficient (Wildman–Crippen LogP) is 2.87. The van der Waals surface area contributed by atoms with Crippen molar-refractivity contribution in [2.24, 2.45) is 0 Å². The van der Waals surface area contributed by atoms with Crippen LogP contribution in [0.5, 0.6) is 11.5 Å². The first-order valence-corrected chi connectivity index (χ1v) is 5.92. The van der Waals surface area contributed by atoms with Gasteiger partial charge in [0.2, 0.25) is 6.79 Å². The molecule has 0 atom stereocenters. The van der Waals surface area contributed by atoms with E-state index in [0.29, 0.717) is 28.1 Å². The molecule has 6 heteroatoms. The minimum Gasteiger partial charge on any atom is -0.454 e. The Kier molecular flexibility index (Phi) is 2.56. The van der Waals surface area contributed by atoms with Crippen molar-refractivity contribution >= 4 is 17.4 Å². The van der Waals surface area contributed by atoms with Crippen LogP contribution in [0.15, 0.2) is 16.7 Å². The number of anilines is 1. The van der Waals surface area contributed by atoms with E-state index in [0.717, 1.165) is 17.5 Å². The van der Waals surface area contributed by atoms with E-state index < -0.39 is 0 Å². The highest BCUT2D eigenvalue weighted by molar-refractivity contribution is 6.33. The van der Waals surface area contributed by atoms with Gasteiger partial charge in [0, 0.05) is 11.6 Å². The van der Waals surface area contributed by atoms with Crippen LogP contribution in [0.1, 0.15) is 12.5 Å². The summed E-state index contributed by atoms with van der Waals surface area (Å²) in [5.74, 6) is 2.11. The molecule has 0 saturated carbocycles. The Labute approximate surface area is 108 Å². The number of hydrogen-bond acceptors (Lipinski definition) is 5. The maximum atomic E-state index is 6.32. The zero-order valence-corrected chi connectivity index (χ0v) is 10.5. The molecule has 1 aliphatic heterocycles. The molecule has 0 spiro atoms. The van der Waals surface area contributed by atoms with Crippen molar-refractivity contribution in [2.75, 3.05) is 12.5 Å². The number of rotatable bonds is 2. The van der Waals surface area contributed by atoms with Crippen LogP contribution in [0, 0.1) is 0 Å². The number of fused-ring (bicyclic) bond motifs is 1. The molecule has 5 nitrogen and oxygen atoms in total. The summed E-state index contributed by atoms with van der Waals surface area (Å²) < 4.78 is 15.9. The summed E-state index contributed by atoms with van der Waals surface area (Å²) in [7, 11) is 0. The minimum absolute atomic E-state index is 0.181. The van der Waals surface area contributed by atoms with E-state index in [1.165, 1.54) is 0 Å². The number of nitrogens with two attached hydrogens (primary N) is 1. The van der Waals surface area contributed by atoms with Gasteiger partial charge in [-0.1, -0.05) is 23.7 Å². The number of hydrogen-bond donors (Lipinski definition) is 1. The third kappa shape index (κ3) is 1.59. The summed E-state index contributed by atoms with van der Waals surface area (Å²) in [6.45, 7) is 2.19. The largest absolute Gasteiger partial charge is 0.454 e. The van der Waals surface area contributed by atoms with Crippen LogP contribution in [-0.2, 0) is 6.42 Å². The molecule has 0 radical (unpaired) electrons. The molecule has 0 unspecified atom stereocenters. The van der Waals surface area contributed by atoms with Crippen LogP contribution in [0.25, 0.3) is 11.3 Å². The minimum atomic E-state index is 0.181. The second-order valence-electron chi connectivity index (χ2n) is 3.92. The quantitative estimate of drug-likeness (QED) is 0.905. The van der Waals surface area contributed by atoms with Crippen LogP contribution in [0.3, 0.4) is 0 Å². The molecule has 18 heavy (non-hydrogen) atoms. The molecule has 2 aromatic rings. The first-order chi connectivity index (χ1) is 8.70. The molecular formula is C12H11ClN2O3. The van der Waals surface area contributed by atoms with Crippen molar-refractivity contribution in [3.63, 3.8) is 0 Å². The smallest absolute Gasteiger partial charge is 0.231 e. The van der Waals surface area contributed by atoms with Gasteiger partial charge in [0.05, 0.1) is 5.02 Å². The number of halogens is 1. The highest BCUT2D eigenvalue weighted by Gasteiger charge is 2.24. The molecule has 1 aliphatic rings. The topological polar surface area (TPSA) is 70.5 Å². The number of nitrogen functional groups attached to an aromatic ring is 1. The third-order valence-electron chi connectivity index (χ3n) is 2.85. The molecule has 1 aromatic carbocycles. The van der Waals surface area contributed by atoms with Gasteiger partial charge in [-0.3, -0.25) is 0 Å². The summed E-state index contributed by atoms with van der Waals surface area (Å²) in [6.07, 6.45) is 0.741. The molecule has 1 aromatic heterocycles. The highest BCUT2D eigenvalue weighted by atomic mass is 35.5. The van der Waals surface area contributed by atoms with Gasteiger partial charge in [-0.25, -0.2) is 0 Å². The van der Waals surface area contributed by atoms with Gasteiger partial charge < -0.3 is 19.7 Å². The van der Waals surface area contributed by atoms with E-state index in [4.69, 9.17) is 31.3 Å². The van der Waals surface area contributed by atoms with Crippen LogP contribution < -0.4 is 15.2 Å². The average molecular weight is 267 g/mol. The average Bonchev–Trinajstić information content (AvgIpc) is 2.97. The molecule has 0 amide bonds. The Hall–Kier alpha value is -1.88. The first kappa shape index (κ1) is 11.2. The van der Waals surface area contributed by atoms with Gasteiger partial charge in [-0.05, 0) is 18.1 Å². The molecule has 0 fully saturated rings. The van der Waals surface area contributed by atoms with Crippen molar-refractivity contribution in [1.82, 2.24) is 5.16 Å². The van der Waals surface area contributed by atoms with Gasteiger partial charge in [-0.2, -0.15) is 0 Å². The van der Waals surface area contributed by atoms with Crippen LogP contribution in [0.2, 0.25) is 5.02 Å². The van der Waals surface area contributed by atoms with Crippen LogP contribution >= 0.6 is 11.6 Å². The zero-order valence-electron chi connectivity index (χ0n) is 9.70. The summed E-state index contributed by atoms with van der Waals surface area (Å²) in [6, 6.07) is 3.50. The van der Waals surface area contributed by atoms with Gasteiger partial charge in [-0.15, -0.1) is 0 Å². The van der Waals surface area contributed by atoms with Gasteiger partial charge in [0.25, 0.3) is 0 Å². The number of ether oxygens (including phenoxy) is 2. The molecule has 0 bridgehead atoms. The van der Waals surface area contributed by atoms with Crippen LogP contribution in [0.4, 0.5) is 5.82 Å². The van der Waals surface area contributed by atoms with Gasteiger partial charge in [0.1, 0.15) is 0 Å². The monoisotopic (exact) mass is 266 g/mol. The Balaban J connectivity index is 2.23. The zero-order chi connectivity index (χ0) is 12.7. The summed E-state index contributed by atoms with van der Waals surface area (Å²) in [5.41, 5.74) is 7.32. The number of benzene rings is 1. The molecule has 2 N–H and O–H groups in total. The molecule has 94 valence electrons. The highest BCUT2D eigenvalue weighted by Crippen LogP contribution is 2.45. The lowest BCUT2D eigenvalue weighted by molar-refractivity contribution is 0.174. The molecule has 3 rings (SSSR count). The van der Waals surface area contributed by atoms with Crippen molar-refractivity contribution < 1.29 is 14.0 Å². The fourth-order valence-corrected chi connectivity index (χ4v) is 2.41. The van der Waals surface area contributed by atoms with Crippen molar-refractivity contribution in [2.45, 2.75) is 13.3 Å². The molecular weight excluding hydrogens is 256 g/mol. The van der Waals surface area contributed by atoms with E-state index >= 15 is 0 Å². The van der Waals surface area contributed by atoms with Gasteiger partial charge in [0.15, 0.2) is 23.1 Å². The van der Waals surface area contributed by atoms with E-state index in [-0.39, 0.29) is 6.79 Å².